The Bertz CT molecular complexity index is 791. The van der Waals surface area contributed by atoms with Crippen LogP contribution in [0.25, 0.3) is 0 Å². The van der Waals surface area contributed by atoms with E-state index in [0.717, 1.165) is 23.1 Å². The van der Waals surface area contributed by atoms with Gasteiger partial charge in [0.1, 0.15) is 6.04 Å². The highest BCUT2D eigenvalue weighted by Gasteiger charge is 2.26. The molecule has 0 fully saturated rings. The molecule has 0 heterocycles. The van der Waals surface area contributed by atoms with Gasteiger partial charge in [0.25, 0.3) is 0 Å². The Balaban J connectivity index is 2.25. The van der Waals surface area contributed by atoms with E-state index >= 15 is 0 Å². The van der Waals surface area contributed by atoms with Crippen molar-refractivity contribution in [2.45, 2.75) is 46.2 Å². The summed E-state index contributed by atoms with van der Waals surface area (Å²) in [5.74, 6) is -0.261. The smallest absolute Gasteiger partial charge is 0.242 e. The van der Waals surface area contributed by atoms with E-state index in [0.29, 0.717) is 18.1 Å². The third kappa shape index (κ3) is 5.83. The molecule has 2 amide bonds. The minimum Gasteiger partial charge on any atom is -0.354 e. The number of carbonyl (C=O) groups is 2. The van der Waals surface area contributed by atoms with Crippen molar-refractivity contribution in [2.24, 2.45) is 0 Å². The van der Waals surface area contributed by atoms with E-state index in [2.05, 4.69) is 5.32 Å². The van der Waals surface area contributed by atoms with Crippen LogP contribution >= 0.6 is 11.6 Å². The molecule has 144 valence electrons. The van der Waals surface area contributed by atoms with Crippen molar-refractivity contribution in [2.75, 3.05) is 6.54 Å². The van der Waals surface area contributed by atoms with Crippen molar-refractivity contribution in [1.29, 1.82) is 0 Å². The van der Waals surface area contributed by atoms with Crippen LogP contribution in [-0.2, 0) is 22.6 Å². The monoisotopic (exact) mass is 386 g/mol. The minimum absolute atomic E-state index is 0.120. The summed E-state index contributed by atoms with van der Waals surface area (Å²) in [6, 6.07) is 14.6. The number of nitrogens with zero attached hydrogens (tertiary/aromatic N) is 1. The molecule has 1 N–H and O–H groups in total. The summed E-state index contributed by atoms with van der Waals surface area (Å²) in [6.45, 7) is 6.76. The van der Waals surface area contributed by atoms with E-state index in [9.17, 15) is 9.59 Å². The second kappa shape index (κ2) is 10.1. The fourth-order valence-electron chi connectivity index (χ4n) is 2.86. The quantitative estimate of drug-likeness (QED) is 0.741. The van der Waals surface area contributed by atoms with Crippen LogP contribution in [0.2, 0.25) is 5.02 Å². The number of nitrogens with one attached hydrogen (secondary N) is 1. The Morgan fingerprint density at radius 1 is 1.07 bits per heavy atom. The zero-order chi connectivity index (χ0) is 19.8. The molecule has 0 aromatic heterocycles. The van der Waals surface area contributed by atoms with Crippen molar-refractivity contribution in [1.82, 2.24) is 10.2 Å². The summed E-state index contributed by atoms with van der Waals surface area (Å²) < 4.78 is 0. The van der Waals surface area contributed by atoms with Gasteiger partial charge in [0.05, 0.1) is 6.42 Å². The molecule has 2 aromatic carbocycles. The third-order valence-electron chi connectivity index (χ3n) is 4.62. The molecule has 0 bridgehead atoms. The third-order valence-corrected chi connectivity index (χ3v) is 4.99. The van der Waals surface area contributed by atoms with E-state index in [4.69, 9.17) is 11.6 Å². The van der Waals surface area contributed by atoms with E-state index in [1.54, 1.807) is 17.9 Å². The fraction of sp³-hybridized carbons (Fsp3) is 0.364. The molecule has 0 spiro atoms. The van der Waals surface area contributed by atoms with Gasteiger partial charge in [-0.25, -0.2) is 0 Å². The molecule has 1 atom stereocenters. The van der Waals surface area contributed by atoms with Crippen LogP contribution in [0.5, 0.6) is 0 Å². The first-order valence-electron chi connectivity index (χ1n) is 9.29. The molecule has 0 aliphatic heterocycles. The summed E-state index contributed by atoms with van der Waals surface area (Å²) >= 11 is 6.22. The number of hydrogen-bond donors (Lipinski definition) is 1. The Labute approximate surface area is 166 Å². The lowest BCUT2D eigenvalue weighted by atomic mass is 10.1. The van der Waals surface area contributed by atoms with Crippen LogP contribution in [0.1, 0.15) is 37.0 Å². The first-order chi connectivity index (χ1) is 12.9. The summed E-state index contributed by atoms with van der Waals surface area (Å²) in [4.78, 5) is 27.2. The van der Waals surface area contributed by atoms with Gasteiger partial charge in [-0.1, -0.05) is 61.0 Å². The number of hydrogen-bond acceptors (Lipinski definition) is 2. The van der Waals surface area contributed by atoms with Crippen molar-refractivity contribution in [3.05, 3.63) is 70.2 Å². The molecule has 0 saturated carbocycles. The van der Waals surface area contributed by atoms with Crippen LogP contribution in [0, 0.1) is 6.92 Å². The Kier molecular flexibility index (Phi) is 7.86. The van der Waals surface area contributed by atoms with Crippen LogP contribution < -0.4 is 5.32 Å². The predicted molar refractivity (Wildman–Crippen MR) is 110 cm³/mol. The van der Waals surface area contributed by atoms with Gasteiger partial charge in [0.2, 0.25) is 11.8 Å². The van der Waals surface area contributed by atoms with E-state index in [-0.39, 0.29) is 18.2 Å². The van der Waals surface area contributed by atoms with Gasteiger partial charge in [-0.2, -0.15) is 0 Å². The number of rotatable bonds is 8. The molecular formula is C22H27ClN2O2. The van der Waals surface area contributed by atoms with Crippen molar-refractivity contribution < 1.29 is 9.59 Å². The van der Waals surface area contributed by atoms with Crippen LogP contribution in [0.3, 0.4) is 0 Å². The average Bonchev–Trinajstić information content (AvgIpc) is 2.66. The number of benzene rings is 2. The van der Waals surface area contributed by atoms with Crippen LogP contribution in [0.4, 0.5) is 0 Å². The Morgan fingerprint density at radius 3 is 2.33 bits per heavy atom. The van der Waals surface area contributed by atoms with Gasteiger partial charge < -0.3 is 10.2 Å². The maximum absolute atomic E-state index is 13.1. The Morgan fingerprint density at radius 2 is 1.70 bits per heavy atom. The molecule has 0 aliphatic carbocycles. The van der Waals surface area contributed by atoms with Gasteiger partial charge in [-0.05, 0) is 43.0 Å². The van der Waals surface area contributed by atoms with Gasteiger partial charge >= 0.3 is 0 Å². The van der Waals surface area contributed by atoms with Crippen molar-refractivity contribution in [3.8, 4) is 0 Å². The zero-order valence-corrected chi connectivity index (χ0v) is 16.9. The van der Waals surface area contributed by atoms with Crippen molar-refractivity contribution in [3.63, 3.8) is 0 Å². The standard InChI is InChI=1S/C22H27ClN2O2/c1-4-13-24-22(27)17(3)25(15-19-11-6-5-9-16(19)2)21(26)14-18-10-7-8-12-20(18)23/h5-12,17H,4,13-15H2,1-3H3,(H,24,27)/t17-/m1/s1. The maximum atomic E-state index is 13.1. The normalized spacial score (nSPS) is 11.7. The van der Waals surface area contributed by atoms with E-state index in [1.165, 1.54) is 0 Å². The highest BCUT2D eigenvalue weighted by Crippen LogP contribution is 2.19. The molecule has 5 heteroatoms. The van der Waals surface area contributed by atoms with Gasteiger partial charge in [-0.3, -0.25) is 9.59 Å². The fourth-order valence-corrected chi connectivity index (χ4v) is 3.06. The average molecular weight is 387 g/mol. The number of halogens is 1. The van der Waals surface area contributed by atoms with Gasteiger partial charge in [0, 0.05) is 18.1 Å². The SMILES string of the molecule is CCCNC(=O)[C@@H](C)N(Cc1ccccc1C)C(=O)Cc1ccccc1Cl. The molecule has 0 radical (unpaired) electrons. The van der Waals surface area contributed by atoms with E-state index < -0.39 is 6.04 Å². The lowest BCUT2D eigenvalue weighted by molar-refractivity contribution is -0.140. The molecule has 2 rings (SSSR count). The molecule has 4 nitrogen and oxygen atoms in total. The minimum atomic E-state index is -0.564. The molecule has 2 aromatic rings. The van der Waals surface area contributed by atoms with Gasteiger partial charge in [0.15, 0.2) is 0 Å². The number of carbonyl (C=O) groups excluding carboxylic acids is 2. The summed E-state index contributed by atoms with van der Waals surface area (Å²) in [5, 5.41) is 3.44. The highest BCUT2D eigenvalue weighted by molar-refractivity contribution is 6.31. The topological polar surface area (TPSA) is 49.4 Å². The molecule has 27 heavy (non-hydrogen) atoms. The predicted octanol–water partition coefficient (Wildman–Crippen LogP) is 4.13. The maximum Gasteiger partial charge on any atom is 0.242 e. The van der Waals surface area contributed by atoms with E-state index in [1.807, 2.05) is 56.3 Å². The largest absolute Gasteiger partial charge is 0.354 e. The zero-order valence-electron chi connectivity index (χ0n) is 16.2. The lowest BCUT2D eigenvalue weighted by Gasteiger charge is -2.29. The van der Waals surface area contributed by atoms with Crippen LogP contribution in [-0.4, -0.2) is 29.3 Å². The number of amides is 2. The summed E-state index contributed by atoms with van der Waals surface area (Å²) in [7, 11) is 0. The molecular weight excluding hydrogens is 360 g/mol. The summed E-state index contributed by atoms with van der Waals surface area (Å²) in [5.41, 5.74) is 2.88. The Hall–Kier alpha value is -2.33. The molecule has 0 aliphatic rings. The highest BCUT2D eigenvalue weighted by atomic mass is 35.5. The molecule has 0 saturated heterocycles. The van der Waals surface area contributed by atoms with Crippen molar-refractivity contribution >= 4 is 23.4 Å². The first kappa shape index (κ1) is 21.0. The van der Waals surface area contributed by atoms with Crippen LogP contribution in [0.15, 0.2) is 48.5 Å². The second-order valence-corrected chi connectivity index (χ2v) is 7.09. The second-order valence-electron chi connectivity index (χ2n) is 6.68. The molecule has 0 unspecified atom stereocenters. The first-order valence-corrected chi connectivity index (χ1v) is 9.67. The van der Waals surface area contributed by atoms with Gasteiger partial charge in [-0.15, -0.1) is 0 Å². The lowest BCUT2D eigenvalue weighted by Crippen LogP contribution is -2.48. The number of aryl methyl sites for hydroxylation is 1. The summed E-state index contributed by atoms with van der Waals surface area (Å²) in [6.07, 6.45) is 1.01.